The zero-order valence-corrected chi connectivity index (χ0v) is 13.6. The average Bonchev–Trinajstić information content (AvgIpc) is 3.13. The van der Waals surface area contributed by atoms with Crippen molar-refractivity contribution < 1.29 is 4.74 Å². The van der Waals surface area contributed by atoms with Gasteiger partial charge in [-0.3, -0.25) is 9.58 Å². The molecule has 1 fully saturated rings. The molecule has 1 unspecified atom stereocenters. The number of rotatable bonds is 7. The zero-order chi connectivity index (χ0) is 15.9. The summed E-state index contributed by atoms with van der Waals surface area (Å²) in [6, 6.07) is 3.80. The number of nitrogens with zero attached hydrogens (tertiary/aromatic N) is 6. The Kier molecular flexibility index (Phi) is 5.55. The molecule has 124 valence electrons. The third-order valence-corrected chi connectivity index (χ3v) is 4.23. The molecule has 3 rings (SSSR count). The fourth-order valence-corrected chi connectivity index (χ4v) is 2.97. The van der Waals surface area contributed by atoms with E-state index in [0.29, 0.717) is 0 Å². The van der Waals surface area contributed by atoms with Crippen molar-refractivity contribution in [3.05, 3.63) is 36.9 Å². The lowest BCUT2D eigenvalue weighted by atomic mass is 10.2. The van der Waals surface area contributed by atoms with Crippen LogP contribution < -0.4 is 4.90 Å². The highest BCUT2D eigenvalue weighted by Gasteiger charge is 2.24. The largest absolute Gasteiger partial charge is 0.366 e. The summed E-state index contributed by atoms with van der Waals surface area (Å²) in [5.41, 5.74) is 0. The number of anilines is 1. The molecule has 1 aliphatic heterocycles. The van der Waals surface area contributed by atoms with Gasteiger partial charge in [-0.15, -0.1) is 0 Å². The summed E-state index contributed by atoms with van der Waals surface area (Å²) in [4.78, 5) is 13.3. The molecule has 2 aromatic rings. The number of hydrogen-bond donors (Lipinski definition) is 0. The van der Waals surface area contributed by atoms with E-state index < -0.39 is 0 Å². The quantitative estimate of drug-likeness (QED) is 0.766. The second kappa shape index (κ2) is 8.03. The first-order chi connectivity index (χ1) is 11.4. The Morgan fingerprint density at radius 3 is 2.52 bits per heavy atom. The first-order valence-corrected chi connectivity index (χ1v) is 8.13. The fraction of sp³-hybridized carbons (Fsp3) is 0.562. The molecule has 0 N–H and O–H groups in total. The van der Waals surface area contributed by atoms with Gasteiger partial charge in [0.1, 0.15) is 6.23 Å². The van der Waals surface area contributed by atoms with Crippen LogP contribution in [-0.2, 0) is 11.3 Å². The number of methoxy groups -OCH3 is 1. The number of hydrogen-bond acceptors (Lipinski definition) is 6. The third kappa shape index (κ3) is 4.27. The van der Waals surface area contributed by atoms with Crippen LogP contribution in [0, 0.1) is 0 Å². The molecule has 0 radical (unpaired) electrons. The van der Waals surface area contributed by atoms with E-state index in [2.05, 4.69) is 24.9 Å². The summed E-state index contributed by atoms with van der Waals surface area (Å²) in [6.07, 6.45) is 9.65. The summed E-state index contributed by atoms with van der Waals surface area (Å²) >= 11 is 0. The molecule has 0 aromatic carbocycles. The number of ether oxygens (including phenoxy) is 1. The molecule has 1 saturated heterocycles. The molecule has 0 saturated carbocycles. The maximum Gasteiger partial charge on any atom is 0.225 e. The first-order valence-electron chi connectivity index (χ1n) is 8.13. The van der Waals surface area contributed by atoms with E-state index in [1.807, 2.05) is 29.2 Å². The van der Waals surface area contributed by atoms with Gasteiger partial charge >= 0.3 is 0 Å². The van der Waals surface area contributed by atoms with Crippen LogP contribution in [0.1, 0.15) is 12.8 Å². The van der Waals surface area contributed by atoms with Crippen LogP contribution in [0.4, 0.5) is 5.95 Å². The van der Waals surface area contributed by atoms with E-state index >= 15 is 0 Å². The Balaban J connectivity index is 1.45. The number of aromatic nitrogens is 4. The topological polar surface area (TPSA) is 59.3 Å². The molecule has 1 aliphatic rings. The molecule has 7 heteroatoms. The Bertz CT molecular complexity index is 553. The Morgan fingerprint density at radius 2 is 1.87 bits per heavy atom. The van der Waals surface area contributed by atoms with Gasteiger partial charge in [0.2, 0.25) is 5.95 Å². The standard InChI is InChI=1S/C16H24N6O/c1-23-15(5-2-9-22-10-4-8-19-22)20-11-13-21(14-12-20)16-17-6-3-7-18-16/h3-4,6-8,10,15H,2,5,9,11-14H2,1H3. The Hall–Kier alpha value is -1.99. The summed E-state index contributed by atoms with van der Waals surface area (Å²) < 4.78 is 7.67. The normalized spacial score (nSPS) is 17.3. The molecule has 0 aliphatic carbocycles. The first kappa shape index (κ1) is 15.9. The molecule has 0 spiro atoms. The van der Waals surface area contributed by atoms with Gasteiger partial charge in [0.25, 0.3) is 0 Å². The smallest absolute Gasteiger partial charge is 0.225 e. The van der Waals surface area contributed by atoms with Crippen molar-refractivity contribution in [2.75, 3.05) is 38.2 Å². The predicted octanol–water partition coefficient (Wildman–Crippen LogP) is 1.25. The summed E-state index contributed by atoms with van der Waals surface area (Å²) in [6.45, 7) is 4.74. The van der Waals surface area contributed by atoms with Crippen LogP contribution in [0.5, 0.6) is 0 Å². The predicted molar refractivity (Wildman–Crippen MR) is 88.1 cm³/mol. The molecule has 2 aromatic heterocycles. The number of piperazine rings is 1. The van der Waals surface area contributed by atoms with Gasteiger partial charge in [-0.25, -0.2) is 9.97 Å². The molecule has 0 bridgehead atoms. The molecule has 7 nitrogen and oxygen atoms in total. The highest BCUT2D eigenvalue weighted by Crippen LogP contribution is 2.15. The second-order valence-corrected chi connectivity index (χ2v) is 5.67. The van der Waals surface area contributed by atoms with Crippen LogP contribution in [0.15, 0.2) is 36.9 Å². The van der Waals surface area contributed by atoms with Crippen molar-refractivity contribution in [1.82, 2.24) is 24.6 Å². The van der Waals surface area contributed by atoms with Gasteiger partial charge < -0.3 is 9.64 Å². The van der Waals surface area contributed by atoms with Crippen molar-refractivity contribution in [2.45, 2.75) is 25.6 Å². The molecule has 23 heavy (non-hydrogen) atoms. The summed E-state index contributed by atoms with van der Waals surface area (Å²) in [5, 5.41) is 4.24. The van der Waals surface area contributed by atoms with Crippen molar-refractivity contribution in [3.63, 3.8) is 0 Å². The minimum Gasteiger partial charge on any atom is -0.366 e. The third-order valence-electron chi connectivity index (χ3n) is 4.23. The van der Waals surface area contributed by atoms with Crippen LogP contribution in [0.3, 0.4) is 0 Å². The Labute approximate surface area is 136 Å². The lowest BCUT2D eigenvalue weighted by Crippen LogP contribution is -2.51. The monoisotopic (exact) mass is 316 g/mol. The van der Waals surface area contributed by atoms with E-state index in [1.54, 1.807) is 19.5 Å². The molecule has 1 atom stereocenters. The zero-order valence-electron chi connectivity index (χ0n) is 13.6. The van der Waals surface area contributed by atoms with Gasteiger partial charge in [-0.05, 0) is 25.0 Å². The molecular weight excluding hydrogens is 292 g/mol. The molecule has 0 amide bonds. The van der Waals surface area contributed by atoms with Crippen LogP contribution in [0.2, 0.25) is 0 Å². The van der Waals surface area contributed by atoms with Crippen molar-refractivity contribution in [3.8, 4) is 0 Å². The highest BCUT2D eigenvalue weighted by atomic mass is 16.5. The molecule has 3 heterocycles. The average molecular weight is 316 g/mol. The van der Waals surface area contributed by atoms with Gasteiger partial charge in [0, 0.05) is 64.6 Å². The second-order valence-electron chi connectivity index (χ2n) is 5.67. The van der Waals surface area contributed by atoms with E-state index in [0.717, 1.165) is 51.5 Å². The van der Waals surface area contributed by atoms with Crippen LogP contribution >= 0.6 is 0 Å². The van der Waals surface area contributed by atoms with Crippen molar-refractivity contribution in [2.24, 2.45) is 0 Å². The van der Waals surface area contributed by atoms with Crippen molar-refractivity contribution in [1.29, 1.82) is 0 Å². The SMILES string of the molecule is COC(CCCn1cccn1)N1CCN(c2ncccn2)CC1. The van der Waals surface area contributed by atoms with Gasteiger partial charge in [0.05, 0.1) is 0 Å². The molecular formula is C16H24N6O. The lowest BCUT2D eigenvalue weighted by Gasteiger charge is -2.38. The van der Waals surface area contributed by atoms with E-state index in [9.17, 15) is 0 Å². The minimum absolute atomic E-state index is 0.171. The maximum absolute atomic E-state index is 5.70. The van der Waals surface area contributed by atoms with E-state index in [1.165, 1.54) is 0 Å². The summed E-state index contributed by atoms with van der Waals surface area (Å²) in [7, 11) is 1.80. The summed E-state index contributed by atoms with van der Waals surface area (Å²) in [5.74, 6) is 0.819. The van der Waals surface area contributed by atoms with Crippen molar-refractivity contribution >= 4 is 5.95 Å². The highest BCUT2D eigenvalue weighted by molar-refractivity contribution is 5.29. The van der Waals surface area contributed by atoms with Gasteiger partial charge in [-0.1, -0.05) is 0 Å². The fourth-order valence-electron chi connectivity index (χ4n) is 2.97. The Morgan fingerprint density at radius 1 is 1.09 bits per heavy atom. The van der Waals surface area contributed by atoms with Gasteiger partial charge in [0.15, 0.2) is 0 Å². The van der Waals surface area contributed by atoms with E-state index in [4.69, 9.17) is 4.74 Å². The van der Waals surface area contributed by atoms with Gasteiger partial charge in [-0.2, -0.15) is 5.10 Å². The lowest BCUT2D eigenvalue weighted by molar-refractivity contribution is -0.0416. The van der Waals surface area contributed by atoms with Crippen LogP contribution in [-0.4, -0.2) is 64.2 Å². The minimum atomic E-state index is 0.171. The number of aryl methyl sites for hydroxylation is 1. The van der Waals surface area contributed by atoms with Crippen LogP contribution in [0.25, 0.3) is 0 Å². The maximum atomic E-state index is 5.70. The van der Waals surface area contributed by atoms with E-state index in [-0.39, 0.29) is 6.23 Å².